The second-order valence-electron chi connectivity index (χ2n) is 4.46. The van der Waals surface area contributed by atoms with Crippen LogP contribution in [0.2, 0.25) is 0 Å². The van der Waals surface area contributed by atoms with Crippen LogP contribution in [-0.2, 0) is 10.5 Å². The smallest absolute Gasteiger partial charge is 0.221 e. The van der Waals surface area contributed by atoms with Crippen LogP contribution in [0.4, 0.5) is 0 Å². The summed E-state index contributed by atoms with van der Waals surface area (Å²) in [7, 11) is 0. The number of carbonyl (C=O) groups is 1. The lowest BCUT2D eigenvalue weighted by molar-refractivity contribution is -0.124. The summed E-state index contributed by atoms with van der Waals surface area (Å²) in [6.07, 6.45) is 0.259. The number of aromatic nitrogens is 1. The first-order valence-electron chi connectivity index (χ1n) is 6.17. The molecule has 0 saturated heterocycles. The van der Waals surface area contributed by atoms with E-state index in [2.05, 4.69) is 10.3 Å². The summed E-state index contributed by atoms with van der Waals surface area (Å²) in [4.78, 5) is 16.0. The highest BCUT2D eigenvalue weighted by Gasteiger charge is 2.29. The average molecular weight is 320 g/mol. The third-order valence-electron chi connectivity index (χ3n) is 2.70. The van der Waals surface area contributed by atoms with E-state index in [-0.39, 0.29) is 12.3 Å². The standard InChI is InChI=1S/C12H20N2O4S2/c1-9-13-10(5-20-9)4-19-3-2-11(18)14-12(6-15,7-16)8-17/h5,15-17H,2-4,6-8H2,1H3,(H,14,18). The minimum absolute atomic E-state index is 0.259. The lowest BCUT2D eigenvalue weighted by Gasteiger charge is -2.28. The molecule has 20 heavy (non-hydrogen) atoms. The Labute approximate surface area is 126 Å². The maximum atomic E-state index is 11.7. The first-order chi connectivity index (χ1) is 9.55. The van der Waals surface area contributed by atoms with E-state index in [1.54, 1.807) is 23.1 Å². The van der Waals surface area contributed by atoms with Crippen molar-refractivity contribution in [3.63, 3.8) is 0 Å². The fraction of sp³-hybridized carbons (Fsp3) is 0.667. The van der Waals surface area contributed by atoms with Gasteiger partial charge in [-0.3, -0.25) is 4.79 Å². The Morgan fingerprint density at radius 1 is 1.40 bits per heavy atom. The minimum Gasteiger partial charge on any atom is -0.394 e. The van der Waals surface area contributed by atoms with E-state index >= 15 is 0 Å². The molecular weight excluding hydrogens is 300 g/mol. The first-order valence-corrected chi connectivity index (χ1v) is 8.21. The quantitative estimate of drug-likeness (QED) is 0.474. The number of amides is 1. The molecule has 4 N–H and O–H groups in total. The molecule has 0 fully saturated rings. The van der Waals surface area contributed by atoms with Crippen LogP contribution in [-0.4, -0.2) is 57.3 Å². The third kappa shape index (κ3) is 5.37. The van der Waals surface area contributed by atoms with Gasteiger partial charge in [-0.1, -0.05) is 0 Å². The molecule has 0 atom stereocenters. The summed E-state index contributed by atoms with van der Waals surface area (Å²) in [6, 6.07) is 0. The summed E-state index contributed by atoms with van der Waals surface area (Å²) in [5.41, 5.74) is -0.332. The highest BCUT2D eigenvalue weighted by Crippen LogP contribution is 2.15. The predicted octanol–water partition coefficient (Wildman–Crippen LogP) is -0.0933. The van der Waals surface area contributed by atoms with Crippen LogP contribution in [0.5, 0.6) is 0 Å². The fourth-order valence-corrected chi connectivity index (χ4v) is 2.99. The molecule has 1 aromatic rings. The van der Waals surface area contributed by atoms with Crippen molar-refractivity contribution >= 4 is 29.0 Å². The van der Waals surface area contributed by atoms with Crippen molar-refractivity contribution in [3.8, 4) is 0 Å². The summed E-state index contributed by atoms with van der Waals surface area (Å²) in [5, 5.41) is 32.8. The van der Waals surface area contributed by atoms with Crippen molar-refractivity contribution in [3.05, 3.63) is 16.1 Å². The van der Waals surface area contributed by atoms with Gasteiger partial charge in [0.05, 0.1) is 30.5 Å². The van der Waals surface area contributed by atoms with Crippen molar-refractivity contribution < 1.29 is 20.1 Å². The van der Waals surface area contributed by atoms with Gasteiger partial charge in [0.25, 0.3) is 0 Å². The molecule has 0 radical (unpaired) electrons. The predicted molar refractivity (Wildman–Crippen MR) is 79.8 cm³/mol. The number of thioether (sulfide) groups is 1. The summed E-state index contributed by atoms with van der Waals surface area (Å²) < 4.78 is 0. The van der Waals surface area contributed by atoms with E-state index in [9.17, 15) is 4.79 Å². The molecule has 0 aliphatic carbocycles. The van der Waals surface area contributed by atoms with Gasteiger partial charge in [-0.25, -0.2) is 4.98 Å². The normalized spacial score (nSPS) is 11.6. The summed E-state index contributed by atoms with van der Waals surface area (Å²) in [6.45, 7) is 0.440. The highest BCUT2D eigenvalue weighted by atomic mass is 32.2. The van der Waals surface area contributed by atoms with E-state index in [0.29, 0.717) is 5.75 Å². The van der Waals surface area contributed by atoms with Crippen molar-refractivity contribution in [1.29, 1.82) is 0 Å². The van der Waals surface area contributed by atoms with Crippen molar-refractivity contribution in [2.45, 2.75) is 24.6 Å². The zero-order valence-electron chi connectivity index (χ0n) is 11.3. The Morgan fingerprint density at radius 2 is 2.05 bits per heavy atom. The van der Waals surface area contributed by atoms with Gasteiger partial charge >= 0.3 is 0 Å². The monoisotopic (exact) mass is 320 g/mol. The number of nitrogens with zero attached hydrogens (tertiary/aromatic N) is 1. The highest BCUT2D eigenvalue weighted by molar-refractivity contribution is 7.98. The first kappa shape index (κ1) is 17.4. The molecule has 1 aromatic heterocycles. The van der Waals surface area contributed by atoms with Crippen LogP contribution in [0, 0.1) is 6.92 Å². The summed E-state index contributed by atoms with van der Waals surface area (Å²) >= 11 is 3.19. The Kier molecular flexibility index (Phi) is 7.46. The second kappa shape index (κ2) is 8.58. The van der Waals surface area contributed by atoms with Crippen LogP contribution < -0.4 is 5.32 Å². The lowest BCUT2D eigenvalue weighted by atomic mass is 10.0. The molecular formula is C12H20N2O4S2. The molecule has 114 valence electrons. The SMILES string of the molecule is Cc1nc(CSCCC(=O)NC(CO)(CO)CO)cs1. The Balaban J connectivity index is 2.26. The van der Waals surface area contributed by atoms with Gasteiger partial charge in [-0.05, 0) is 6.92 Å². The van der Waals surface area contributed by atoms with Crippen LogP contribution >= 0.6 is 23.1 Å². The number of rotatable bonds is 9. The van der Waals surface area contributed by atoms with Gasteiger partial charge in [0, 0.05) is 23.3 Å². The topological polar surface area (TPSA) is 103 Å². The Hall–Kier alpha value is -0.670. The van der Waals surface area contributed by atoms with Gasteiger partial charge in [0.2, 0.25) is 5.91 Å². The molecule has 1 heterocycles. The third-order valence-corrected chi connectivity index (χ3v) is 4.52. The molecule has 1 rings (SSSR count). The number of aliphatic hydroxyl groups excluding tert-OH is 3. The van der Waals surface area contributed by atoms with E-state index < -0.39 is 25.4 Å². The average Bonchev–Trinajstić information content (AvgIpc) is 2.87. The number of carbonyl (C=O) groups excluding carboxylic acids is 1. The number of nitrogens with one attached hydrogen (secondary N) is 1. The van der Waals surface area contributed by atoms with Gasteiger partial charge in [-0.2, -0.15) is 11.8 Å². The molecule has 0 spiro atoms. The zero-order valence-corrected chi connectivity index (χ0v) is 13.0. The van der Waals surface area contributed by atoms with E-state index in [4.69, 9.17) is 15.3 Å². The van der Waals surface area contributed by atoms with Crippen molar-refractivity contribution in [2.75, 3.05) is 25.6 Å². The summed E-state index contributed by atoms with van der Waals surface area (Å²) in [5.74, 6) is 1.06. The number of hydrogen-bond acceptors (Lipinski definition) is 7. The van der Waals surface area contributed by atoms with E-state index in [1.165, 1.54) is 0 Å². The number of aryl methyl sites for hydroxylation is 1. The van der Waals surface area contributed by atoms with Crippen LogP contribution in [0.15, 0.2) is 5.38 Å². The Bertz CT molecular complexity index is 413. The molecule has 0 unspecified atom stereocenters. The number of thiazole rings is 1. The Morgan fingerprint density at radius 3 is 2.55 bits per heavy atom. The molecule has 0 saturated carbocycles. The molecule has 0 aliphatic rings. The molecule has 0 aliphatic heterocycles. The van der Waals surface area contributed by atoms with E-state index in [0.717, 1.165) is 16.5 Å². The van der Waals surface area contributed by atoms with Crippen molar-refractivity contribution in [2.24, 2.45) is 0 Å². The van der Waals surface area contributed by atoms with Gasteiger partial charge in [0.1, 0.15) is 5.54 Å². The van der Waals surface area contributed by atoms with Crippen LogP contribution in [0.25, 0.3) is 0 Å². The largest absolute Gasteiger partial charge is 0.394 e. The number of hydrogen-bond donors (Lipinski definition) is 4. The maximum Gasteiger partial charge on any atom is 0.221 e. The van der Waals surface area contributed by atoms with Crippen LogP contribution in [0.1, 0.15) is 17.1 Å². The van der Waals surface area contributed by atoms with Gasteiger partial charge in [0.15, 0.2) is 0 Å². The zero-order chi connectivity index (χ0) is 15.0. The minimum atomic E-state index is -1.34. The van der Waals surface area contributed by atoms with E-state index in [1.807, 2.05) is 12.3 Å². The fourth-order valence-electron chi connectivity index (χ4n) is 1.44. The molecule has 1 amide bonds. The lowest BCUT2D eigenvalue weighted by Crippen LogP contribution is -2.57. The van der Waals surface area contributed by atoms with Crippen molar-refractivity contribution in [1.82, 2.24) is 10.3 Å². The molecule has 8 heteroatoms. The van der Waals surface area contributed by atoms with Crippen LogP contribution in [0.3, 0.4) is 0 Å². The molecule has 0 aromatic carbocycles. The molecule has 0 bridgehead atoms. The molecule has 6 nitrogen and oxygen atoms in total. The second-order valence-corrected chi connectivity index (χ2v) is 6.63. The number of aliphatic hydroxyl groups is 3. The van der Waals surface area contributed by atoms with Gasteiger partial charge < -0.3 is 20.6 Å². The van der Waals surface area contributed by atoms with Gasteiger partial charge in [-0.15, -0.1) is 11.3 Å². The maximum absolute atomic E-state index is 11.7.